The third kappa shape index (κ3) is 2.46. The molecule has 1 aromatic rings. The predicted molar refractivity (Wildman–Crippen MR) is 52.9 cm³/mol. The van der Waals surface area contributed by atoms with Gasteiger partial charge in [-0.05, 0) is 12.1 Å². The lowest BCUT2D eigenvalue weighted by molar-refractivity contribution is -0.117. The first kappa shape index (κ1) is 9.51. The fourth-order valence-corrected chi connectivity index (χ4v) is 1.12. The molecule has 78 valence electrons. The van der Waals surface area contributed by atoms with Crippen molar-refractivity contribution in [3.05, 3.63) is 36.5 Å². The van der Waals surface area contributed by atoms with Gasteiger partial charge in [0.2, 0.25) is 5.76 Å². The predicted octanol–water partition coefficient (Wildman–Crippen LogP) is 0.908. The van der Waals surface area contributed by atoms with Crippen LogP contribution in [0, 0.1) is 0 Å². The SMILES string of the molecule is O=C(Nc1ccncc1)C1=COCCO1. The first-order chi connectivity index (χ1) is 7.36. The van der Waals surface area contributed by atoms with Crippen LogP contribution in [0.4, 0.5) is 5.69 Å². The van der Waals surface area contributed by atoms with Crippen molar-refractivity contribution < 1.29 is 14.3 Å². The summed E-state index contributed by atoms with van der Waals surface area (Å²) >= 11 is 0. The average Bonchev–Trinajstić information content (AvgIpc) is 2.31. The number of anilines is 1. The zero-order valence-corrected chi connectivity index (χ0v) is 7.97. The largest absolute Gasteiger partial charge is 0.494 e. The number of ether oxygens (including phenoxy) is 2. The van der Waals surface area contributed by atoms with Crippen molar-refractivity contribution in [1.29, 1.82) is 0 Å². The van der Waals surface area contributed by atoms with Crippen LogP contribution in [-0.2, 0) is 14.3 Å². The van der Waals surface area contributed by atoms with Gasteiger partial charge < -0.3 is 14.8 Å². The van der Waals surface area contributed by atoms with Crippen molar-refractivity contribution in [2.45, 2.75) is 0 Å². The van der Waals surface area contributed by atoms with Gasteiger partial charge in [0.15, 0.2) is 0 Å². The molecule has 0 fully saturated rings. The molecule has 0 unspecified atom stereocenters. The fourth-order valence-electron chi connectivity index (χ4n) is 1.12. The third-order valence-corrected chi connectivity index (χ3v) is 1.81. The monoisotopic (exact) mass is 206 g/mol. The molecule has 1 aliphatic heterocycles. The molecule has 1 aromatic heterocycles. The molecule has 0 aliphatic carbocycles. The van der Waals surface area contributed by atoms with E-state index in [4.69, 9.17) is 9.47 Å². The lowest BCUT2D eigenvalue weighted by Crippen LogP contribution is -2.21. The molecule has 1 N–H and O–H groups in total. The van der Waals surface area contributed by atoms with Crippen LogP contribution in [0.25, 0.3) is 0 Å². The molecule has 0 saturated carbocycles. The molecule has 0 aromatic carbocycles. The summed E-state index contributed by atoms with van der Waals surface area (Å²) in [6.45, 7) is 0.877. The molecule has 2 heterocycles. The van der Waals surface area contributed by atoms with E-state index in [-0.39, 0.29) is 11.7 Å². The molecule has 5 nitrogen and oxygen atoms in total. The third-order valence-electron chi connectivity index (χ3n) is 1.81. The van der Waals surface area contributed by atoms with Crippen molar-refractivity contribution in [3.8, 4) is 0 Å². The summed E-state index contributed by atoms with van der Waals surface area (Å²) in [6.07, 6.45) is 4.52. The molecule has 0 atom stereocenters. The van der Waals surface area contributed by atoms with Crippen LogP contribution in [0.1, 0.15) is 0 Å². The number of hydrogen-bond donors (Lipinski definition) is 1. The maximum atomic E-state index is 11.6. The van der Waals surface area contributed by atoms with E-state index in [2.05, 4.69) is 10.3 Å². The summed E-state index contributed by atoms with van der Waals surface area (Å²) in [5.41, 5.74) is 0.671. The molecule has 2 rings (SSSR count). The minimum atomic E-state index is -0.319. The minimum absolute atomic E-state index is 0.193. The van der Waals surface area contributed by atoms with Crippen LogP contribution >= 0.6 is 0 Å². The Hall–Kier alpha value is -2.04. The first-order valence-corrected chi connectivity index (χ1v) is 4.52. The topological polar surface area (TPSA) is 60.5 Å². The highest BCUT2D eigenvalue weighted by atomic mass is 16.6. The van der Waals surface area contributed by atoms with E-state index in [0.29, 0.717) is 18.9 Å². The maximum Gasteiger partial charge on any atom is 0.294 e. The highest BCUT2D eigenvalue weighted by Gasteiger charge is 2.14. The van der Waals surface area contributed by atoms with Crippen molar-refractivity contribution in [2.24, 2.45) is 0 Å². The molecule has 0 saturated heterocycles. The van der Waals surface area contributed by atoms with Gasteiger partial charge in [-0.2, -0.15) is 0 Å². The fraction of sp³-hybridized carbons (Fsp3) is 0.200. The van der Waals surface area contributed by atoms with E-state index in [1.807, 2.05) is 0 Å². The van der Waals surface area contributed by atoms with Crippen molar-refractivity contribution >= 4 is 11.6 Å². The second-order valence-corrected chi connectivity index (χ2v) is 2.89. The Kier molecular flexibility index (Phi) is 2.82. The second-order valence-electron chi connectivity index (χ2n) is 2.89. The lowest BCUT2D eigenvalue weighted by atomic mass is 10.4. The Morgan fingerprint density at radius 1 is 1.33 bits per heavy atom. The average molecular weight is 206 g/mol. The maximum absolute atomic E-state index is 11.6. The van der Waals surface area contributed by atoms with Gasteiger partial charge in [0, 0.05) is 18.1 Å². The highest BCUT2D eigenvalue weighted by molar-refractivity contribution is 6.02. The standard InChI is InChI=1S/C10H10N2O3/c13-10(9-7-14-5-6-15-9)12-8-1-3-11-4-2-8/h1-4,7H,5-6H2,(H,11,12,13). The van der Waals surface area contributed by atoms with E-state index in [1.165, 1.54) is 6.26 Å². The zero-order valence-electron chi connectivity index (χ0n) is 7.97. The molecular weight excluding hydrogens is 196 g/mol. The van der Waals surface area contributed by atoms with Gasteiger partial charge >= 0.3 is 0 Å². The number of pyridine rings is 1. The highest BCUT2D eigenvalue weighted by Crippen LogP contribution is 2.09. The van der Waals surface area contributed by atoms with Crippen molar-refractivity contribution in [2.75, 3.05) is 18.5 Å². The quantitative estimate of drug-likeness (QED) is 0.781. The Balaban J connectivity index is 2.00. The van der Waals surface area contributed by atoms with Gasteiger partial charge in [-0.1, -0.05) is 0 Å². The summed E-state index contributed by atoms with van der Waals surface area (Å²) < 4.78 is 10.1. The Morgan fingerprint density at radius 3 is 2.80 bits per heavy atom. The van der Waals surface area contributed by atoms with E-state index in [9.17, 15) is 4.79 Å². The number of rotatable bonds is 2. The molecule has 0 radical (unpaired) electrons. The smallest absolute Gasteiger partial charge is 0.294 e. The van der Waals surface area contributed by atoms with Crippen molar-refractivity contribution in [3.63, 3.8) is 0 Å². The molecule has 15 heavy (non-hydrogen) atoms. The number of amides is 1. The minimum Gasteiger partial charge on any atom is -0.494 e. The number of carbonyl (C=O) groups excluding carboxylic acids is 1. The summed E-state index contributed by atoms with van der Waals surface area (Å²) in [5, 5.41) is 2.66. The molecular formula is C10H10N2O3. The number of carbonyl (C=O) groups is 1. The van der Waals surface area contributed by atoms with Gasteiger partial charge in [0.05, 0.1) is 0 Å². The van der Waals surface area contributed by atoms with Gasteiger partial charge in [0.1, 0.15) is 19.5 Å². The van der Waals surface area contributed by atoms with E-state index in [0.717, 1.165) is 0 Å². The Labute approximate surface area is 86.7 Å². The number of hydrogen-bond acceptors (Lipinski definition) is 4. The Morgan fingerprint density at radius 2 is 2.13 bits per heavy atom. The van der Waals surface area contributed by atoms with Crippen LogP contribution in [0.3, 0.4) is 0 Å². The zero-order chi connectivity index (χ0) is 10.5. The van der Waals surface area contributed by atoms with Crippen LogP contribution in [-0.4, -0.2) is 24.1 Å². The molecule has 1 aliphatic rings. The van der Waals surface area contributed by atoms with E-state index in [1.54, 1.807) is 24.5 Å². The van der Waals surface area contributed by atoms with Crippen LogP contribution in [0.15, 0.2) is 36.5 Å². The molecule has 0 spiro atoms. The lowest BCUT2D eigenvalue weighted by Gasteiger charge is -2.14. The van der Waals surface area contributed by atoms with Crippen LogP contribution in [0.2, 0.25) is 0 Å². The van der Waals surface area contributed by atoms with Gasteiger partial charge in [0.25, 0.3) is 5.91 Å². The Bertz CT molecular complexity index is 376. The van der Waals surface area contributed by atoms with Crippen LogP contribution in [0.5, 0.6) is 0 Å². The summed E-state index contributed by atoms with van der Waals surface area (Å²) in [4.78, 5) is 15.4. The van der Waals surface area contributed by atoms with Gasteiger partial charge in [-0.25, -0.2) is 0 Å². The number of nitrogens with zero attached hydrogens (tertiary/aromatic N) is 1. The van der Waals surface area contributed by atoms with Crippen LogP contribution < -0.4 is 5.32 Å². The first-order valence-electron chi connectivity index (χ1n) is 4.52. The molecule has 5 heteroatoms. The second kappa shape index (κ2) is 4.45. The van der Waals surface area contributed by atoms with E-state index < -0.39 is 0 Å². The van der Waals surface area contributed by atoms with Gasteiger partial charge in [-0.3, -0.25) is 9.78 Å². The summed E-state index contributed by atoms with van der Waals surface area (Å²) in [6, 6.07) is 3.39. The number of nitrogens with one attached hydrogen (secondary N) is 1. The van der Waals surface area contributed by atoms with Gasteiger partial charge in [-0.15, -0.1) is 0 Å². The normalized spacial score (nSPS) is 14.5. The summed E-state index contributed by atoms with van der Waals surface area (Å²) in [5.74, 6) is -0.126. The molecule has 0 bridgehead atoms. The van der Waals surface area contributed by atoms with Crippen molar-refractivity contribution in [1.82, 2.24) is 4.98 Å². The van der Waals surface area contributed by atoms with E-state index >= 15 is 0 Å². The number of aromatic nitrogens is 1. The molecule has 1 amide bonds. The summed E-state index contributed by atoms with van der Waals surface area (Å²) in [7, 11) is 0.